The average molecular weight is 276 g/mol. The molecule has 1 aliphatic rings. The second-order valence-corrected chi connectivity index (χ2v) is 5.60. The highest BCUT2D eigenvalue weighted by atomic mass is 16.6. The number of nitro groups is 1. The van der Waals surface area contributed by atoms with Crippen LogP contribution in [-0.2, 0) is 0 Å². The molecule has 20 heavy (non-hydrogen) atoms. The molecule has 0 spiro atoms. The summed E-state index contributed by atoms with van der Waals surface area (Å²) in [6.07, 6.45) is 3.18. The minimum atomic E-state index is -0.421. The first kappa shape index (κ1) is 14.5. The number of benzene rings is 1. The quantitative estimate of drug-likeness (QED) is 0.615. The lowest BCUT2D eigenvalue weighted by atomic mass is 9.96. The number of nitro benzene ring substituents is 1. The van der Waals surface area contributed by atoms with E-state index in [4.69, 9.17) is 0 Å². The number of aryl methyl sites for hydroxylation is 1. The molecule has 0 aromatic heterocycles. The predicted molar refractivity (Wildman–Crippen MR) is 76.8 cm³/mol. The van der Waals surface area contributed by atoms with Crippen LogP contribution in [-0.4, -0.2) is 27.8 Å². The minimum absolute atomic E-state index is 0.0253. The normalized spacial score (nSPS) is 22.6. The molecule has 1 aliphatic heterocycles. The van der Waals surface area contributed by atoms with Gasteiger partial charge >= 0.3 is 0 Å². The van der Waals surface area contributed by atoms with E-state index in [0.29, 0.717) is 11.1 Å². The zero-order valence-corrected chi connectivity index (χ0v) is 12.1. The molecule has 0 aliphatic carbocycles. The Bertz CT molecular complexity index is 532. The van der Waals surface area contributed by atoms with Gasteiger partial charge in [-0.3, -0.25) is 14.9 Å². The van der Waals surface area contributed by atoms with Crippen LogP contribution in [0.3, 0.4) is 0 Å². The fourth-order valence-corrected chi connectivity index (χ4v) is 2.96. The van der Waals surface area contributed by atoms with Gasteiger partial charge in [0.25, 0.3) is 11.6 Å². The summed E-state index contributed by atoms with van der Waals surface area (Å²) in [5, 5.41) is 10.8. The van der Waals surface area contributed by atoms with Gasteiger partial charge in [-0.2, -0.15) is 0 Å². The van der Waals surface area contributed by atoms with Crippen molar-refractivity contribution in [3.63, 3.8) is 0 Å². The zero-order chi connectivity index (χ0) is 14.9. The third kappa shape index (κ3) is 2.66. The summed E-state index contributed by atoms with van der Waals surface area (Å²) < 4.78 is 0. The van der Waals surface area contributed by atoms with Crippen LogP contribution in [0.15, 0.2) is 18.2 Å². The summed E-state index contributed by atoms with van der Waals surface area (Å²) in [5.74, 6) is -0.0253. The number of carbonyl (C=O) groups excluding carboxylic acids is 1. The van der Waals surface area contributed by atoms with Crippen molar-refractivity contribution in [1.29, 1.82) is 0 Å². The molecular formula is C15H20N2O3. The van der Waals surface area contributed by atoms with Crippen LogP contribution in [0.4, 0.5) is 5.69 Å². The number of hydrogen-bond acceptors (Lipinski definition) is 3. The predicted octanol–water partition coefficient (Wildman–Crippen LogP) is 3.31. The van der Waals surface area contributed by atoms with Gasteiger partial charge < -0.3 is 4.90 Å². The third-order valence-corrected chi connectivity index (χ3v) is 4.07. The molecule has 0 bridgehead atoms. The number of hydrogen-bond donors (Lipinski definition) is 0. The van der Waals surface area contributed by atoms with Crippen LogP contribution in [0.5, 0.6) is 0 Å². The van der Waals surface area contributed by atoms with E-state index in [9.17, 15) is 14.9 Å². The molecule has 0 radical (unpaired) electrons. The first-order chi connectivity index (χ1) is 9.41. The molecular weight excluding hydrogens is 256 g/mol. The Morgan fingerprint density at radius 2 is 1.90 bits per heavy atom. The van der Waals surface area contributed by atoms with Crippen molar-refractivity contribution in [1.82, 2.24) is 4.90 Å². The van der Waals surface area contributed by atoms with Crippen LogP contribution in [0.1, 0.15) is 49.0 Å². The number of nitrogens with zero attached hydrogens (tertiary/aromatic N) is 2. The number of amides is 1. The lowest BCUT2D eigenvalue weighted by Crippen LogP contribution is -2.47. The maximum absolute atomic E-state index is 12.6. The summed E-state index contributed by atoms with van der Waals surface area (Å²) in [5.41, 5.74) is 1.12. The van der Waals surface area contributed by atoms with E-state index in [1.807, 2.05) is 4.90 Å². The molecule has 1 aromatic rings. The van der Waals surface area contributed by atoms with Crippen molar-refractivity contribution in [3.8, 4) is 0 Å². The van der Waals surface area contributed by atoms with Gasteiger partial charge in [-0.15, -0.1) is 0 Å². The molecule has 108 valence electrons. The van der Waals surface area contributed by atoms with Crippen LogP contribution in [0, 0.1) is 17.0 Å². The maximum atomic E-state index is 12.6. The van der Waals surface area contributed by atoms with Crippen molar-refractivity contribution in [3.05, 3.63) is 39.4 Å². The van der Waals surface area contributed by atoms with E-state index in [0.717, 1.165) is 19.3 Å². The molecule has 5 heteroatoms. The molecule has 1 heterocycles. The highest BCUT2D eigenvalue weighted by Crippen LogP contribution is 2.26. The second-order valence-electron chi connectivity index (χ2n) is 5.60. The molecule has 1 fully saturated rings. The van der Waals surface area contributed by atoms with Gasteiger partial charge in [0.05, 0.1) is 4.92 Å². The molecule has 0 saturated carbocycles. The smallest absolute Gasteiger partial charge is 0.272 e. The van der Waals surface area contributed by atoms with Gasteiger partial charge in [0, 0.05) is 29.3 Å². The Balaban J connectivity index is 2.29. The molecule has 2 rings (SSSR count). The van der Waals surface area contributed by atoms with E-state index in [-0.39, 0.29) is 23.7 Å². The monoisotopic (exact) mass is 276 g/mol. The van der Waals surface area contributed by atoms with Crippen LogP contribution in [0.2, 0.25) is 0 Å². The van der Waals surface area contributed by atoms with Crippen molar-refractivity contribution in [2.45, 2.75) is 52.1 Å². The van der Waals surface area contributed by atoms with Gasteiger partial charge in [0.1, 0.15) is 0 Å². The second kappa shape index (κ2) is 5.61. The largest absolute Gasteiger partial charge is 0.333 e. The van der Waals surface area contributed by atoms with E-state index in [2.05, 4.69) is 13.8 Å². The zero-order valence-electron chi connectivity index (χ0n) is 12.1. The van der Waals surface area contributed by atoms with Gasteiger partial charge in [0.15, 0.2) is 0 Å². The summed E-state index contributed by atoms with van der Waals surface area (Å²) in [7, 11) is 0. The fraction of sp³-hybridized carbons (Fsp3) is 0.533. The van der Waals surface area contributed by atoms with Crippen LogP contribution < -0.4 is 0 Å². The standard InChI is InChI=1S/C15H20N2O3/c1-10-9-13(7-8-14(10)17(19)20)15(18)16-11(2)5-4-6-12(16)3/h7-9,11-12H,4-6H2,1-3H3. The Hall–Kier alpha value is -1.91. The average Bonchev–Trinajstić information content (AvgIpc) is 2.37. The molecule has 2 atom stereocenters. The van der Waals surface area contributed by atoms with Gasteiger partial charge in [-0.05, 0) is 52.2 Å². The van der Waals surface area contributed by atoms with Crippen LogP contribution >= 0.6 is 0 Å². The van der Waals surface area contributed by atoms with E-state index in [1.54, 1.807) is 19.1 Å². The van der Waals surface area contributed by atoms with Crippen molar-refractivity contribution >= 4 is 11.6 Å². The summed E-state index contributed by atoms with van der Waals surface area (Å²) in [4.78, 5) is 24.9. The molecule has 1 saturated heterocycles. The maximum Gasteiger partial charge on any atom is 0.272 e. The molecule has 0 N–H and O–H groups in total. The Labute approximate surface area is 118 Å². The first-order valence-corrected chi connectivity index (χ1v) is 6.99. The highest BCUT2D eigenvalue weighted by molar-refractivity contribution is 5.95. The van der Waals surface area contributed by atoms with Crippen molar-refractivity contribution in [2.75, 3.05) is 0 Å². The highest BCUT2D eigenvalue weighted by Gasteiger charge is 2.30. The van der Waals surface area contributed by atoms with Gasteiger partial charge in [-0.1, -0.05) is 0 Å². The molecule has 2 unspecified atom stereocenters. The fourth-order valence-electron chi connectivity index (χ4n) is 2.96. The van der Waals surface area contributed by atoms with Crippen molar-refractivity contribution < 1.29 is 9.72 Å². The third-order valence-electron chi connectivity index (χ3n) is 4.07. The number of rotatable bonds is 2. The first-order valence-electron chi connectivity index (χ1n) is 6.99. The summed E-state index contributed by atoms with van der Waals surface area (Å²) in [6, 6.07) is 5.04. The summed E-state index contributed by atoms with van der Waals surface area (Å²) >= 11 is 0. The van der Waals surface area contributed by atoms with Gasteiger partial charge in [-0.25, -0.2) is 0 Å². The number of carbonyl (C=O) groups is 1. The van der Waals surface area contributed by atoms with E-state index in [1.165, 1.54) is 6.07 Å². The Morgan fingerprint density at radius 1 is 1.30 bits per heavy atom. The summed E-state index contributed by atoms with van der Waals surface area (Å²) in [6.45, 7) is 5.79. The van der Waals surface area contributed by atoms with Gasteiger partial charge in [0.2, 0.25) is 0 Å². The van der Waals surface area contributed by atoms with Crippen LogP contribution in [0.25, 0.3) is 0 Å². The molecule has 1 aromatic carbocycles. The Morgan fingerprint density at radius 3 is 2.40 bits per heavy atom. The lowest BCUT2D eigenvalue weighted by molar-refractivity contribution is -0.385. The molecule has 1 amide bonds. The lowest BCUT2D eigenvalue weighted by Gasteiger charge is -2.39. The molecule has 5 nitrogen and oxygen atoms in total. The SMILES string of the molecule is Cc1cc(C(=O)N2C(C)CCCC2C)ccc1[N+](=O)[O-]. The van der Waals surface area contributed by atoms with E-state index < -0.39 is 4.92 Å². The number of piperidine rings is 1. The van der Waals surface area contributed by atoms with Crippen molar-refractivity contribution in [2.24, 2.45) is 0 Å². The van der Waals surface area contributed by atoms with E-state index >= 15 is 0 Å². The number of likely N-dealkylation sites (tertiary alicyclic amines) is 1. The Kier molecular flexibility index (Phi) is 4.06. The minimum Gasteiger partial charge on any atom is -0.333 e. The topological polar surface area (TPSA) is 63.5 Å².